The average Bonchev–Trinajstić information content (AvgIpc) is 3.41. The lowest BCUT2D eigenvalue weighted by Crippen LogP contribution is -2.61. The van der Waals surface area contributed by atoms with Crippen molar-refractivity contribution in [2.24, 2.45) is 51.2 Å². The molecule has 0 radical (unpaired) electrons. The fraction of sp³-hybridized carbons (Fsp3) is 0.677. The zero-order valence-electron chi connectivity index (χ0n) is 23.2. The lowest BCUT2D eigenvalue weighted by molar-refractivity contribution is -0.142. The number of carbonyl (C=O) groups is 3. The number of nitrogens with zero attached hydrogens (tertiary/aromatic N) is 4. The minimum absolute atomic E-state index is 0.0152. The molecule has 38 heavy (non-hydrogen) atoms. The first-order valence-corrected chi connectivity index (χ1v) is 14.2. The van der Waals surface area contributed by atoms with Crippen LogP contribution >= 0.6 is 0 Å². The molecule has 0 N–H and O–H groups in total. The lowest BCUT2D eigenvalue weighted by atomic mass is 9.39. The zero-order chi connectivity index (χ0) is 27.3. The third kappa shape index (κ3) is 3.21. The average molecular weight is 515 g/mol. The van der Waals surface area contributed by atoms with Gasteiger partial charge in [0, 0.05) is 17.3 Å². The van der Waals surface area contributed by atoms with Crippen molar-refractivity contribution in [2.45, 2.75) is 79.6 Å². The third-order valence-corrected chi connectivity index (χ3v) is 11.8. The van der Waals surface area contributed by atoms with Crippen LogP contribution in [0.2, 0.25) is 0 Å². The summed E-state index contributed by atoms with van der Waals surface area (Å²) in [5.74, 6) is -0.249. The number of Topliss-reactive ketones (excluding diaryl/α,β-unsaturated/α-hetero) is 1. The van der Waals surface area contributed by atoms with Crippen LogP contribution in [-0.2, 0) is 9.59 Å². The van der Waals surface area contributed by atoms with Gasteiger partial charge in [-0.15, -0.1) is 0 Å². The number of fused-ring (bicyclic) bond motifs is 7. The molecule has 0 spiro atoms. The predicted octanol–water partition coefficient (Wildman–Crippen LogP) is 5.36. The molecular weight excluding hydrogens is 476 g/mol. The van der Waals surface area contributed by atoms with E-state index in [1.165, 1.54) is 17.3 Å². The maximum Gasteiger partial charge on any atom is 0.254 e. The van der Waals surface area contributed by atoms with Gasteiger partial charge in [-0.3, -0.25) is 14.4 Å². The molecule has 1 aromatic heterocycles. The van der Waals surface area contributed by atoms with Crippen LogP contribution < -0.4 is 0 Å². The number of nitriles is 1. The SMILES string of the molecule is C[C@H]1C(=O)C(C#N)=C[C@]2(C)C3=CC(=O)C4C5CC(C)(C)CC[C@]5(C(=O)n5cncn5)CCC4[C@]3(C)CCC12. The molecular formula is C31H38N4O3. The van der Waals surface area contributed by atoms with Crippen molar-refractivity contribution < 1.29 is 14.4 Å². The van der Waals surface area contributed by atoms with E-state index in [0.29, 0.717) is 0 Å². The molecule has 0 amide bonds. The number of allylic oxidation sites excluding steroid dienone is 4. The summed E-state index contributed by atoms with van der Waals surface area (Å²) in [6.07, 6.45) is 12.6. The maximum atomic E-state index is 14.3. The van der Waals surface area contributed by atoms with Crippen LogP contribution in [-0.4, -0.2) is 32.2 Å². The van der Waals surface area contributed by atoms with Gasteiger partial charge in [-0.1, -0.05) is 46.3 Å². The number of ketones is 2. The summed E-state index contributed by atoms with van der Waals surface area (Å²) in [5.41, 5.74) is 0.0593. The van der Waals surface area contributed by atoms with Crippen molar-refractivity contribution >= 4 is 17.5 Å². The zero-order valence-corrected chi connectivity index (χ0v) is 23.2. The monoisotopic (exact) mass is 514 g/mol. The maximum absolute atomic E-state index is 14.3. The first-order chi connectivity index (χ1) is 17.9. The van der Waals surface area contributed by atoms with E-state index in [0.717, 1.165) is 50.5 Å². The van der Waals surface area contributed by atoms with E-state index in [2.05, 4.69) is 43.8 Å². The van der Waals surface area contributed by atoms with Crippen LogP contribution in [0.4, 0.5) is 0 Å². The molecule has 5 aliphatic carbocycles. The first-order valence-electron chi connectivity index (χ1n) is 14.2. The van der Waals surface area contributed by atoms with E-state index in [1.807, 2.05) is 19.1 Å². The summed E-state index contributed by atoms with van der Waals surface area (Å²) in [6.45, 7) is 10.9. The highest BCUT2D eigenvalue weighted by Gasteiger charge is 2.66. The topological polar surface area (TPSA) is 106 Å². The number of hydrogen-bond acceptors (Lipinski definition) is 6. The summed E-state index contributed by atoms with van der Waals surface area (Å²) in [6, 6.07) is 2.14. The summed E-state index contributed by atoms with van der Waals surface area (Å²) >= 11 is 0. The second-order valence-electron chi connectivity index (χ2n) is 14.1. The molecule has 200 valence electrons. The van der Waals surface area contributed by atoms with E-state index in [1.54, 1.807) is 0 Å². The molecule has 0 bridgehead atoms. The molecule has 7 nitrogen and oxygen atoms in total. The quantitative estimate of drug-likeness (QED) is 0.500. The molecule has 7 heteroatoms. The number of aromatic nitrogens is 3. The van der Waals surface area contributed by atoms with Crippen LogP contribution in [0.3, 0.4) is 0 Å². The van der Waals surface area contributed by atoms with E-state index in [-0.39, 0.29) is 63.5 Å². The highest BCUT2D eigenvalue weighted by atomic mass is 16.2. The van der Waals surface area contributed by atoms with Crippen LogP contribution in [0.1, 0.15) is 84.4 Å². The number of hydrogen-bond donors (Lipinski definition) is 0. The molecule has 4 unspecified atom stereocenters. The van der Waals surface area contributed by atoms with Gasteiger partial charge in [0.05, 0.1) is 11.0 Å². The van der Waals surface area contributed by atoms with Crippen LogP contribution in [0.5, 0.6) is 0 Å². The molecule has 3 saturated carbocycles. The second-order valence-corrected chi connectivity index (χ2v) is 14.1. The van der Waals surface area contributed by atoms with E-state index in [4.69, 9.17) is 0 Å². The largest absolute Gasteiger partial charge is 0.295 e. The van der Waals surface area contributed by atoms with Gasteiger partial charge < -0.3 is 0 Å². The van der Waals surface area contributed by atoms with Crippen molar-refractivity contribution in [3.63, 3.8) is 0 Å². The van der Waals surface area contributed by atoms with Crippen molar-refractivity contribution in [1.29, 1.82) is 5.26 Å². The Kier molecular flexibility index (Phi) is 5.39. The minimum atomic E-state index is -0.609. The van der Waals surface area contributed by atoms with Crippen LogP contribution in [0.15, 0.2) is 36.0 Å². The van der Waals surface area contributed by atoms with Gasteiger partial charge in [-0.25, -0.2) is 4.98 Å². The van der Waals surface area contributed by atoms with Gasteiger partial charge in [-0.2, -0.15) is 15.0 Å². The lowest BCUT2D eigenvalue weighted by Gasteiger charge is -2.64. The Bertz CT molecular complexity index is 1330. The van der Waals surface area contributed by atoms with Crippen molar-refractivity contribution in [3.8, 4) is 6.07 Å². The Labute approximate surface area is 224 Å². The van der Waals surface area contributed by atoms with Crippen LogP contribution in [0, 0.1) is 62.6 Å². The van der Waals surface area contributed by atoms with Crippen molar-refractivity contribution in [3.05, 3.63) is 36.0 Å². The highest BCUT2D eigenvalue weighted by molar-refractivity contribution is 6.02. The molecule has 1 aromatic rings. The standard InChI is InChI=1S/C31H38N4O3/c1-18-20-6-8-29(4)21-7-9-31(27(38)35-17-33-16-34-35)11-10-28(2,3)14-22(31)25(21)23(36)12-24(29)30(20,5)13-19(15-32)26(18)37/h12-13,16-18,20-22,25H,6-11,14H2,1-5H3/t18-,20?,21?,22?,25?,29+,30+,31-/m1/s1. The smallest absolute Gasteiger partial charge is 0.254 e. The summed E-state index contributed by atoms with van der Waals surface area (Å²) in [5, 5.41) is 13.9. The van der Waals surface area contributed by atoms with Gasteiger partial charge in [0.25, 0.3) is 5.91 Å². The summed E-state index contributed by atoms with van der Waals surface area (Å²) in [4.78, 5) is 45.2. The van der Waals surface area contributed by atoms with Gasteiger partial charge in [0.2, 0.25) is 0 Å². The fourth-order valence-electron chi connectivity index (χ4n) is 9.81. The Morgan fingerprint density at radius 2 is 1.79 bits per heavy atom. The Balaban J connectivity index is 1.48. The fourth-order valence-corrected chi connectivity index (χ4v) is 9.81. The molecule has 0 aromatic carbocycles. The Morgan fingerprint density at radius 1 is 1.05 bits per heavy atom. The first kappa shape index (κ1) is 25.4. The molecule has 6 rings (SSSR count). The van der Waals surface area contributed by atoms with Gasteiger partial charge in [0.1, 0.15) is 18.7 Å². The minimum Gasteiger partial charge on any atom is -0.295 e. The van der Waals surface area contributed by atoms with E-state index in [9.17, 15) is 19.6 Å². The van der Waals surface area contributed by atoms with E-state index >= 15 is 0 Å². The van der Waals surface area contributed by atoms with Gasteiger partial charge in [-0.05, 0) is 79.6 Å². The van der Waals surface area contributed by atoms with Crippen molar-refractivity contribution in [1.82, 2.24) is 14.8 Å². The molecule has 5 aliphatic rings. The van der Waals surface area contributed by atoms with Gasteiger partial charge >= 0.3 is 0 Å². The van der Waals surface area contributed by atoms with E-state index < -0.39 is 10.8 Å². The molecule has 8 atom stereocenters. The molecule has 0 aliphatic heterocycles. The molecule has 1 heterocycles. The molecule has 3 fully saturated rings. The second kappa shape index (κ2) is 8.07. The summed E-state index contributed by atoms with van der Waals surface area (Å²) < 4.78 is 1.39. The third-order valence-electron chi connectivity index (χ3n) is 11.8. The Hall–Kier alpha value is -2.88. The predicted molar refractivity (Wildman–Crippen MR) is 140 cm³/mol. The van der Waals surface area contributed by atoms with Gasteiger partial charge in [0.15, 0.2) is 11.6 Å². The number of carbonyl (C=O) groups excluding carboxylic acids is 3. The normalized spacial score (nSPS) is 43.4. The highest BCUT2D eigenvalue weighted by Crippen LogP contribution is 2.69. The molecule has 0 saturated heterocycles. The summed E-state index contributed by atoms with van der Waals surface area (Å²) in [7, 11) is 0. The Morgan fingerprint density at radius 3 is 2.47 bits per heavy atom. The van der Waals surface area contributed by atoms with Crippen LogP contribution in [0.25, 0.3) is 0 Å². The van der Waals surface area contributed by atoms with Crippen molar-refractivity contribution in [2.75, 3.05) is 0 Å². The number of rotatable bonds is 1.